The normalized spacial score (nSPS) is 25.2. The smallest absolute Gasteiger partial charge is 0.274 e. The van der Waals surface area contributed by atoms with Crippen LogP contribution in [0.4, 0.5) is 5.69 Å². The number of ether oxygens (including phenoxy) is 1. The number of hydrogen-bond acceptors (Lipinski definition) is 7. The molecule has 1 saturated heterocycles. The first-order valence-corrected chi connectivity index (χ1v) is 16.0. The number of non-ortho nitro benzene ring substituents is 1. The number of nitro benzene ring substituents is 1. The van der Waals surface area contributed by atoms with Crippen molar-refractivity contribution >= 4 is 84.3 Å². The van der Waals surface area contributed by atoms with Crippen molar-refractivity contribution in [2.75, 3.05) is 6.54 Å². The van der Waals surface area contributed by atoms with Gasteiger partial charge in [0, 0.05) is 32.4 Å². The molecule has 14 heteroatoms. The van der Waals surface area contributed by atoms with Crippen molar-refractivity contribution in [2.24, 2.45) is 23.7 Å². The van der Waals surface area contributed by atoms with Crippen LogP contribution in [0.1, 0.15) is 27.1 Å². The molecular formula is C30H21Br2Cl2N3O7. The molecule has 6 atom stereocenters. The van der Waals surface area contributed by atoms with Crippen molar-refractivity contribution in [3.8, 4) is 11.5 Å². The van der Waals surface area contributed by atoms with Crippen molar-refractivity contribution in [3.05, 3.63) is 98.0 Å². The third-order valence-electron chi connectivity index (χ3n) is 8.35. The second kappa shape index (κ2) is 11.9. The molecule has 0 radical (unpaired) electrons. The maximum absolute atomic E-state index is 13.9. The number of ketones is 1. The van der Waals surface area contributed by atoms with Crippen molar-refractivity contribution in [3.63, 3.8) is 0 Å². The van der Waals surface area contributed by atoms with E-state index in [2.05, 4.69) is 31.9 Å². The van der Waals surface area contributed by atoms with Crippen LogP contribution in [0.15, 0.2) is 66.7 Å². The summed E-state index contributed by atoms with van der Waals surface area (Å²) in [6.07, 6.45) is 0.705. The first kappa shape index (κ1) is 30.7. The molecule has 3 aliphatic rings. The van der Waals surface area contributed by atoms with Gasteiger partial charge in [0.25, 0.3) is 23.4 Å². The lowest BCUT2D eigenvalue weighted by Crippen LogP contribution is -2.52. The number of amides is 3. The molecule has 0 aromatic heterocycles. The number of benzene rings is 3. The summed E-state index contributed by atoms with van der Waals surface area (Å²) in [5.74, 6) is -3.05. The third kappa shape index (κ3) is 5.31. The fraction of sp³-hybridized carbons (Fsp3) is 0.267. The zero-order chi connectivity index (χ0) is 31.4. The Balaban J connectivity index is 1.26. The predicted octanol–water partition coefficient (Wildman–Crippen LogP) is 6.71. The van der Waals surface area contributed by atoms with Crippen LogP contribution in [0.2, 0.25) is 10.0 Å². The molecule has 2 aliphatic carbocycles. The van der Waals surface area contributed by atoms with Crippen LogP contribution >= 0.6 is 55.1 Å². The molecular weight excluding hydrogens is 745 g/mol. The minimum absolute atomic E-state index is 0.00585. The van der Waals surface area contributed by atoms with E-state index < -0.39 is 46.8 Å². The lowest BCUT2D eigenvalue weighted by Gasteiger charge is -2.31. The summed E-state index contributed by atoms with van der Waals surface area (Å²) in [7, 11) is 0. The van der Waals surface area contributed by atoms with Crippen LogP contribution in [0, 0.1) is 33.8 Å². The third-order valence-corrected chi connectivity index (χ3v) is 12.1. The quantitative estimate of drug-likeness (QED) is 0.0820. The number of alkyl halides is 2. The van der Waals surface area contributed by atoms with E-state index in [4.69, 9.17) is 27.9 Å². The molecule has 3 aromatic carbocycles. The molecule has 1 heterocycles. The first-order valence-electron chi connectivity index (χ1n) is 13.4. The van der Waals surface area contributed by atoms with Gasteiger partial charge < -0.3 is 4.74 Å². The number of hydrazine groups is 1. The van der Waals surface area contributed by atoms with E-state index in [-0.39, 0.29) is 48.3 Å². The highest BCUT2D eigenvalue weighted by Gasteiger charge is 2.67. The Morgan fingerprint density at radius 2 is 1.45 bits per heavy atom. The molecule has 0 unspecified atom stereocenters. The van der Waals surface area contributed by atoms with Crippen LogP contribution in [0.3, 0.4) is 0 Å². The largest absolute Gasteiger partial charge is 0.457 e. The maximum Gasteiger partial charge on any atom is 0.274 e. The van der Waals surface area contributed by atoms with Gasteiger partial charge in [0.1, 0.15) is 18.0 Å². The Labute approximate surface area is 277 Å². The lowest BCUT2D eigenvalue weighted by molar-refractivity contribution is -0.384. The van der Waals surface area contributed by atoms with Crippen LogP contribution in [-0.4, -0.2) is 54.6 Å². The van der Waals surface area contributed by atoms with Crippen molar-refractivity contribution in [1.29, 1.82) is 0 Å². The highest BCUT2D eigenvalue weighted by Crippen LogP contribution is 2.60. The number of nitro groups is 1. The summed E-state index contributed by atoms with van der Waals surface area (Å²) in [5, 5.41) is 12.9. The highest BCUT2D eigenvalue weighted by atomic mass is 79.9. The summed E-state index contributed by atoms with van der Waals surface area (Å²) in [4.78, 5) is 65.4. The molecule has 6 rings (SSSR count). The molecule has 226 valence electrons. The molecule has 1 aliphatic heterocycles. The predicted molar refractivity (Wildman–Crippen MR) is 167 cm³/mol. The van der Waals surface area contributed by atoms with Gasteiger partial charge in [-0.15, -0.1) is 0 Å². The zero-order valence-electron chi connectivity index (χ0n) is 22.4. The van der Waals surface area contributed by atoms with Gasteiger partial charge >= 0.3 is 0 Å². The van der Waals surface area contributed by atoms with Gasteiger partial charge in [-0.3, -0.25) is 29.3 Å². The number of nitrogens with zero attached hydrogens (tertiary/aromatic N) is 3. The molecule has 2 saturated carbocycles. The maximum atomic E-state index is 13.9. The van der Waals surface area contributed by atoms with E-state index in [1.54, 1.807) is 0 Å². The van der Waals surface area contributed by atoms with Gasteiger partial charge in [0.15, 0.2) is 5.78 Å². The van der Waals surface area contributed by atoms with E-state index in [0.29, 0.717) is 17.9 Å². The summed E-state index contributed by atoms with van der Waals surface area (Å²) in [5.41, 5.74) is 0.0945. The number of carbonyl (C=O) groups is 4. The topological polar surface area (TPSA) is 127 Å². The number of hydrogen-bond donors (Lipinski definition) is 0. The van der Waals surface area contributed by atoms with Crippen molar-refractivity contribution in [2.45, 2.75) is 16.1 Å². The summed E-state index contributed by atoms with van der Waals surface area (Å²) in [6.45, 7) is -0.609. The Morgan fingerprint density at radius 1 is 0.909 bits per heavy atom. The number of rotatable bonds is 8. The average molecular weight is 766 g/mol. The van der Waals surface area contributed by atoms with Gasteiger partial charge in [0.05, 0.1) is 27.3 Å². The number of Topliss-reactive ketones (excluding diaryl/α,β-unsaturated/α-hetero) is 1. The second-order valence-electron chi connectivity index (χ2n) is 10.8. The van der Waals surface area contributed by atoms with Gasteiger partial charge in [-0.1, -0.05) is 55.1 Å². The highest BCUT2D eigenvalue weighted by molar-refractivity contribution is 9.12. The van der Waals surface area contributed by atoms with E-state index in [0.717, 1.165) is 10.0 Å². The zero-order valence-corrected chi connectivity index (χ0v) is 27.1. The monoisotopic (exact) mass is 763 g/mol. The Morgan fingerprint density at radius 3 is 1.98 bits per heavy atom. The molecule has 0 N–H and O–H groups in total. The number of carbonyl (C=O) groups excluding carboxylic acids is 4. The number of imide groups is 1. The summed E-state index contributed by atoms with van der Waals surface area (Å²) < 4.78 is 5.71. The van der Waals surface area contributed by atoms with E-state index >= 15 is 0 Å². The molecule has 3 amide bonds. The van der Waals surface area contributed by atoms with Crippen molar-refractivity contribution in [1.82, 2.24) is 10.0 Å². The van der Waals surface area contributed by atoms with E-state index in [1.165, 1.54) is 66.7 Å². The van der Waals surface area contributed by atoms with Crippen LogP contribution in [0.5, 0.6) is 11.5 Å². The molecule has 3 aromatic rings. The molecule has 44 heavy (non-hydrogen) atoms. The standard InChI is InChI=1S/C30H21Br2Cl2N3O7/c31-26-20-12-21(27(26)32)25-24(20)29(40)36(30(25)41)35(28(39)19-10-3-15(33)11-22(19)34)13-23(38)14-1-6-17(7-2-14)44-18-8-4-16(5-9-18)37(42)43/h1-11,20-21,24-27H,12-13H2/t20-,21-,24-,25-,26-,27+/m1/s1. The summed E-state index contributed by atoms with van der Waals surface area (Å²) >= 11 is 19.7. The van der Waals surface area contributed by atoms with E-state index in [9.17, 15) is 29.3 Å². The van der Waals surface area contributed by atoms with Crippen LogP contribution in [-0.2, 0) is 9.59 Å². The van der Waals surface area contributed by atoms with Gasteiger partial charge in [-0.2, -0.15) is 5.01 Å². The number of fused-ring (bicyclic) bond motifs is 5. The lowest BCUT2D eigenvalue weighted by atomic mass is 9.81. The molecule has 3 fully saturated rings. The van der Waals surface area contributed by atoms with Crippen LogP contribution < -0.4 is 4.74 Å². The fourth-order valence-electron chi connectivity index (χ4n) is 6.31. The summed E-state index contributed by atoms with van der Waals surface area (Å²) in [6, 6.07) is 15.7. The Bertz CT molecular complexity index is 1670. The Hall–Kier alpha value is -3.32. The van der Waals surface area contributed by atoms with Gasteiger partial charge in [-0.05, 0) is 72.9 Å². The van der Waals surface area contributed by atoms with Gasteiger partial charge in [-0.25, -0.2) is 5.01 Å². The molecule has 0 spiro atoms. The molecule has 10 nitrogen and oxygen atoms in total. The Kier molecular flexibility index (Phi) is 8.29. The molecule has 2 bridgehead atoms. The minimum atomic E-state index is -0.794. The SMILES string of the molecule is O=C(CN(C(=O)c1ccc(Cl)cc1Cl)N1C(=O)[C@@H]2[C@H]3C[C@@H]([C@@H](Br)[C@H]3Br)[C@H]2C1=O)c1ccc(Oc2ccc([N+](=O)[O-])cc2)cc1. The average Bonchev–Trinajstić information content (AvgIpc) is 3.61. The van der Waals surface area contributed by atoms with Gasteiger partial charge in [0.2, 0.25) is 0 Å². The fourth-order valence-corrected chi connectivity index (χ4v) is 8.68. The van der Waals surface area contributed by atoms with Crippen LogP contribution in [0.25, 0.3) is 0 Å². The first-order chi connectivity index (χ1) is 21.0. The second-order valence-corrected chi connectivity index (χ2v) is 13.7. The van der Waals surface area contributed by atoms with E-state index in [1.807, 2.05) is 0 Å². The number of halogens is 4. The minimum Gasteiger partial charge on any atom is -0.457 e. The van der Waals surface area contributed by atoms with Crippen molar-refractivity contribution < 1.29 is 28.8 Å².